The fourth-order valence-electron chi connectivity index (χ4n) is 2.99. The van der Waals surface area contributed by atoms with Crippen LogP contribution in [0.4, 0.5) is 5.82 Å². The van der Waals surface area contributed by atoms with Crippen LogP contribution in [-0.2, 0) is 6.42 Å². The highest BCUT2D eigenvalue weighted by atomic mass is 35.5. The topological polar surface area (TPSA) is 58.1 Å². The van der Waals surface area contributed by atoms with Crippen molar-refractivity contribution in [1.82, 2.24) is 15.3 Å². The van der Waals surface area contributed by atoms with E-state index in [9.17, 15) is 4.79 Å². The molecule has 0 unspecified atom stereocenters. The number of carbonyl (C=O) groups is 1. The van der Waals surface area contributed by atoms with Crippen molar-refractivity contribution in [2.24, 2.45) is 5.92 Å². The zero-order valence-electron chi connectivity index (χ0n) is 14.4. The second kappa shape index (κ2) is 8.30. The van der Waals surface area contributed by atoms with Crippen LogP contribution in [0.15, 0.2) is 36.7 Å². The molecule has 0 spiro atoms. The van der Waals surface area contributed by atoms with Gasteiger partial charge in [0.25, 0.3) is 5.91 Å². The van der Waals surface area contributed by atoms with E-state index >= 15 is 0 Å². The summed E-state index contributed by atoms with van der Waals surface area (Å²) in [6.07, 6.45) is 4.52. The van der Waals surface area contributed by atoms with Crippen LogP contribution < -0.4 is 10.2 Å². The number of nitrogens with zero attached hydrogens (tertiary/aromatic N) is 3. The number of rotatable bonds is 5. The summed E-state index contributed by atoms with van der Waals surface area (Å²) in [6, 6.07) is 9.44. The highest BCUT2D eigenvalue weighted by Gasteiger charge is 2.18. The van der Waals surface area contributed by atoms with Gasteiger partial charge in [-0.15, -0.1) is 0 Å². The lowest BCUT2D eigenvalue weighted by molar-refractivity contribution is 0.0949. The molecule has 1 aromatic carbocycles. The Labute approximate surface area is 153 Å². The first-order chi connectivity index (χ1) is 12.1. The zero-order chi connectivity index (χ0) is 17.6. The Hall–Kier alpha value is -2.14. The Morgan fingerprint density at radius 2 is 2.08 bits per heavy atom. The average molecular weight is 359 g/mol. The molecule has 1 saturated heterocycles. The molecule has 3 rings (SSSR count). The van der Waals surface area contributed by atoms with Crippen molar-refractivity contribution in [3.05, 3.63) is 52.9 Å². The van der Waals surface area contributed by atoms with Gasteiger partial charge in [0.05, 0.1) is 0 Å². The predicted octanol–water partition coefficient (Wildman–Crippen LogP) is 3.34. The van der Waals surface area contributed by atoms with Crippen molar-refractivity contribution in [3.8, 4) is 0 Å². The summed E-state index contributed by atoms with van der Waals surface area (Å²) in [7, 11) is 0. The maximum absolute atomic E-state index is 12.3. The van der Waals surface area contributed by atoms with E-state index in [1.807, 2.05) is 24.3 Å². The third-order valence-electron chi connectivity index (χ3n) is 4.58. The standard InChI is InChI=1S/C19H23ClN4O/c1-14-6-9-24(10-7-14)18-12-17(22-13-23-18)19(25)21-8-5-15-3-2-4-16(20)11-15/h2-4,11-14H,5-10H2,1H3,(H,21,25). The lowest BCUT2D eigenvalue weighted by atomic mass is 9.99. The van der Waals surface area contributed by atoms with Gasteiger partial charge >= 0.3 is 0 Å². The van der Waals surface area contributed by atoms with Crippen molar-refractivity contribution in [2.45, 2.75) is 26.2 Å². The molecule has 0 radical (unpaired) electrons. The van der Waals surface area contributed by atoms with Gasteiger partial charge in [0.1, 0.15) is 17.8 Å². The van der Waals surface area contributed by atoms with Crippen molar-refractivity contribution in [3.63, 3.8) is 0 Å². The van der Waals surface area contributed by atoms with Crippen LogP contribution in [0, 0.1) is 5.92 Å². The number of nitrogens with one attached hydrogen (secondary N) is 1. The number of aromatic nitrogens is 2. The van der Waals surface area contributed by atoms with Crippen LogP contribution in [-0.4, -0.2) is 35.5 Å². The van der Waals surface area contributed by atoms with Gasteiger partial charge in [0.15, 0.2) is 0 Å². The van der Waals surface area contributed by atoms with Crippen molar-refractivity contribution < 1.29 is 4.79 Å². The van der Waals surface area contributed by atoms with Gasteiger partial charge in [-0.2, -0.15) is 0 Å². The van der Waals surface area contributed by atoms with E-state index < -0.39 is 0 Å². The van der Waals surface area contributed by atoms with Crippen LogP contribution >= 0.6 is 11.6 Å². The normalized spacial score (nSPS) is 15.2. The summed E-state index contributed by atoms with van der Waals surface area (Å²) < 4.78 is 0. The van der Waals surface area contributed by atoms with E-state index in [2.05, 4.69) is 27.1 Å². The Morgan fingerprint density at radius 1 is 1.28 bits per heavy atom. The second-order valence-electron chi connectivity index (χ2n) is 6.57. The number of amides is 1. The molecular weight excluding hydrogens is 336 g/mol. The molecular formula is C19H23ClN4O. The first kappa shape index (κ1) is 17.7. The monoisotopic (exact) mass is 358 g/mol. The van der Waals surface area contributed by atoms with Gasteiger partial charge in [-0.25, -0.2) is 9.97 Å². The van der Waals surface area contributed by atoms with Gasteiger partial charge in [-0.05, 0) is 42.9 Å². The molecule has 25 heavy (non-hydrogen) atoms. The fourth-order valence-corrected chi connectivity index (χ4v) is 3.20. The van der Waals surface area contributed by atoms with E-state index in [0.29, 0.717) is 17.3 Å². The largest absolute Gasteiger partial charge is 0.356 e. The lowest BCUT2D eigenvalue weighted by Crippen LogP contribution is -2.34. The first-order valence-corrected chi connectivity index (χ1v) is 9.09. The highest BCUT2D eigenvalue weighted by molar-refractivity contribution is 6.30. The minimum atomic E-state index is -0.170. The molecule has 1 fully saturated rings. The highest BCUT2D eigenvalue weighted by Crippen LogP contribution is 2.21. The maximum Gasteiger partial charge on any atom is 0.270 e. The number of halogens is 1. The Balaban J connectivity index is 1.56. The zero-order valence-corrected chi connectivity index (χ0v) is 15.2. The Bertz CT molecular complexity index is 729. The summed E-state index contributed by atoms with van der Waals surface area (Å²) in [4.78, 5) is 23.0. The number of piperidine rings is 1. The molecule has 5 nitrogen and oxygen atoms in total. The van der Waals surface area contributed by atoms with Crippen LogP contribution in [0.5, 0.6) is 0 Å². The van der Waals surface area contributed by atoms with E-state index in [4.69, 9.17) is 11.6 Å². The quantitative estimate of drug-likeness (QED) is 0.890. The van der Waals surface area contributed by atoms with E-state index in [-0.39, 0.29) is 5.91 Å². The summed E-state index contributed by atoms with van der Waals surface area (Å²) in [6.45, 7) is 4.78. The minimum absolute atomic E-state index is 0.170. The molecule has 0 saturated carbocycles. The molecule has 132 valence electrons. The molecule has 0 aliphatic carbocycles. The van der Waals surface area contributed by atoms with Crippen LogP contribution in [0.25, 0.3) is 0 Å². The van der Waals surface area contributed by atoms with Gasteiger partial charge in [0, 0.05) is 30.7 Å². The molecule has 1 amide bonds. The van der Waals surface area contributed by atoms with Crippen molar-refractivity contribution in [1.29, 1.82) is 0 Å². The number of benzene rings is 1. The number of hydrogen-bond acceptors (Lipinski definition) is 4. The molecule has 1 aromatic heterocycles. The van der Waals surface area contributed by atoms with E-state index in [0.717, 1.165) is 49.7 Å². The average Bonchev–Trinajstić information content (AvgIpc) is 2.62. The number of carbonyl (C=O) groups excluding carboxylic acids is 1. The van der Waals surface area contributed by atoms with Crippen molar-refractivity contribution >= 4 is 23.3 Å². The fraction of sp³-hybridized carbons (Fsp3) is 0.421. The van der Waals surface area contributed by atoms with E-state index in [1.165, 1.54) is 6.33 Å². The SMILES string of the molecule is CC1CCN(c2cc(C(=O)NCCc3cccc(Cl)c3)ncn2)CC1. The maximum atomic E-state index is 12.3. The third-order valence-corrected chi connectivity index (χ3v) is 4.82. The van der Waals surface area contributed by atoms with Gasteiger partial charge in [-0.3, -0.25) is 4.79 Å². The Kier molecular flexibility index (Phi) is 5.87. The summed E-state index contributed by atoms with van der Waals surface area (Å²) in [5.41, 5.74) is 1.51. The molecule has 0 bridgehead atoms. The van der Waals surface area contributed by atoms with E-state index in [1.54, 1.807) is 6.07 Å². The van der Waals surface area contributed by atoms with Crippen molar-refractivity contribution in [2.75, 3.05) is 24.5 Å². The number of hydrogen-bond donors (Lipinski definition) is 1. The third kappa shape index (κ3) is 4.92. The van der Waals surface area contributed by atoms with Crippen LogP contribution in [0.1, 0.15) is 35.8 Å². The van der Waals surface area contributed by atoms with Crippen LogP contribution in [0.2, 0.25) is 5.02 Å². The molecule has 0 atom stereocenters. The number of anilines is 1. The predicted molar refractivity (Wildman–Crippen MR) is 100 cm³/mol. The second-order valence-corrected chi connectivity index (χ2v) is 7.00. The molecule has 6 heteroatoms. The smallest absolute Gasteiger partial charge is 0.270 e. The molecule has 1 aliphatic rings. The van der Waals surface area contributed by atoms with Crippen LogP contribution in [0.3, 0.4) is 0 Å². The summed E-state index contributed by atoms with van der Waals surface area (Å²) in [5, 5.41) is 3.62. The molecule has 1 N–H and O–H groups in total. The van der Waals surface area contributed by atoms with Gasteiger partial charge in [0.2, 0.25) is 0 Å². The van der Waals surface area contributed by atoms with Gasteiger partial charge < -0.3 is 10.2 Å². The molecule has 1 aliphatic heterocycles. The Morgan fingerprint density at radius 3 is 2.84 bits per heavy atom. The summed E-state index contributed by atoms with van der Waals surface area (Å²) in [5.74, 6) is 1.42. The molecule has 2 heterocycles. The first-order valence-electron chi connectivity index (χ1n) is 8.71. The summed E-state index contributed by atoms with van der Waals surface area (Å²) >= 11 is 5.97. The lowest BCUT2D eigenvalue weighted by Gasteiger charge is -2.31. The molecule has 2 aromatic rings. The van der Waals surface area contributed by atoms with Gasteiger partial charge in [-0.1, -0.05) is 30.7 Å². The minimum Gasteiger partial charge on any atom is -0.356 e.